The molecule has 0 aliphatic carbocycles. The van der Waals surface area contributed by atoms with Crippen molar-refractivity contribution in [3.05, 3.63) is 52.1 Å². The molecule has 0 fully saturated rings. The van der Waals surface area contributed by atoms with Crippen molar-refractivity contribution in [1.82, 2.24) is 4.98 Å². The average molecular weight is 285 g/mol. The third-order valence-electron chi connectivity index (χ3n) is 1.73. The molecule has 1 heterocycles. The van der Waals surface area contributed by atoms with Gasteiger partial charge in [-0.05, 0) is 30.3 Å². The minimum atomic E-state index is 0.548. The van der Waals surface area contributed by atoms with Crippen LogP contribution >= 0.6 is 27.5 Å². The second kappa shape index (κ2) is 4.64. The van der Waals surface area contributed by atoms with Crippen molar-refractivity contribution < 1.29 is 4.74 Å². The molecule has 0 bridgehead atoms. The van der Waals surface area contributed by atoms with Crippen LogP contribution < -0.4 is 4.74 Å². The maximum Gasteiger partial charge on any atom is 0.220 e. The number of pyridine rings is 1. The highest BCUT2D eigenvalue weighted by Crippen LogP contribution is 2.23. The fourth-order valence-corrected chi connectivity index (χ4v) is 1.50. The third-order valence-corrected chi connectivity index (χ3v) is 2.48. The van der Waals surface area contributed by atoms with Crippen LogP contribution in [-0.4, -0.2) is 4.98 Å². The van der Waals surface area contributed by atoms with Gasteiger partial charge in [0.15, 0.2) is 0 Å². The molecule has 2 nitrogen and oxygen atoms in total. The van der Waals surface area contributed by atoms with Crippen molar-refractivity contribution in [1.29, 1.82) is 0 Å². The highest BCUT2D eigenvalue weighted by molar-refractivity contribution is 9.10. The van der Waals surface area contributed by atoms with Crippen molar-refractivity contribution >= 4 is 27.5 Å². The molecular weight excluding hydrogens is 277 g/mol. The molecule has 0 amide bonds. The van der Waals surface area contributed by atoms with Crippen LogP contribution in [0.4, 0.5) is 0 Å². The number of hydrogen-bond donors (Lipinski definition) is 0. The van der Waals surface area contributed by atoms with Gasteiger partial charge in [0.1, 0.15) is 5.75 Å². The fraction of sp³-hybridized carbons (Fsp3) is 0. The van der Waals surface area contributed by atoms with E-state index in [0.29, 0.717) is 16.7 Å². The molecule has 1 aromatic carbocycles. The smallest absolute Gasteiger partial charge is 0.220 e. The predicted molar refractivity (Wildman–Crippen MR) is 63.5 cm³/mol. The van der Waals surface area contributed by atoms with Crippen molar-refractivity contribution in [3.63, 3.8) is 0 Å². The average Bonchev–Trinajstić information content (AvgIpc) is 2.22. The van der Waals surface area contributed by atoms with E-state index in [9.17, 15) is 0 Å². The minimum absolute atomic E-state index is 0.548. The van der Waals surface area contributed by atoms with Crippen LogP contribution in [-0.2, 0) is 0 Å². The summed E-state index contributed by atoms with van der Waals surface area (Å²) in [4.78, 5) is 4.07. The van der Waals surface area contributed by atoms with E-state index >= 15 is 0 Å². The molecule has 15 heavy (non-hydrogen) atoms. The van der Waals surface area contributed by atoms with Crippen LogP contribution in [0, 0.1) is 0 Å². The summed E-state index contributed by atoms with van der Waals surface area (Å²) in [5.74, 6) is 1.26. The SMILES string of the molecule is Clc1ccc(Oc2cc(Br)ccn2)cc1. The zero-order valence-electron chi connectivity index (χ0n) is 7.65. The molecule has 0 saturated carbocycles. The number of rotatable bonds is 2. The van der Waals surface area contributed by atoms with Crippen LogP contribution in [0.3, 0.4) is 0 Å². The zero-order valence-corrected chi connectivity index (χ0v) is 9.99. The van der Waals surface area contributed by atoms with E-state index in [1.54, 1.807) is 36.5 Å². The van der Waals surface area contributed by atoms with Crippen LogP contribution in [0.1, 0.15) is 0 Å². The first-order chi connectivity index (χ1) is 7.24. The summed E-state index contributed by atoms with van der Waals surface area (Å²) < 4.78 is 6.45. The number of benzene rings is 1. The van der Waals surface area contributed by atoms with E-state index in [0.717, 1.165) is 4.47 Å². The summed E-state index contributed by atoms with van der Waals surface area (Å²) in [5, 5.41) is 0.685. The summed E-state index contributed by atoms with van der Waals surface area (Å²) in [6, 6.07) is 10.8. The maximum absolute atomic E-state index is 5.76. The lowest BCUT2D eigenvalue weighted by atomic mass is 10.3. The first-order valence-corrected chi connectivity index (χ1v) is 5.46. The fourth-order valence-electron chi connectivity index (χ4n) is 1.06. The number of ether oxygens (including phenoxy) is 1. The molecule has 76 valence electrons. The quantitative estimate of drug-likeness (QED) is 0.821. The largest absolute Gasteiger partial charge is 0.439 e. The molecule has 0 aliphatic rings. The van der Waals surface area contributed by atoms with Gasteiger partial charge >= 0.3 is 0 Å². The van der Waals surface area contributed by atoms with E-state index in [1.165, 1.54) is 0 Å². The molecule has 0 aliphatic heterocycles. The number of aromatic nitrogens is 1. The molecule has 0 N–H and O–H groups in total. The van der Waals surface area contributed by atoms with E-state index < -0.39 is 0 Å². The van der Waals surface area contributed by atoms with Gasteiger partial charge in [0.25, 0.3) is 0 Å². The zero-order chi connectivity index (χ0) is 10.7. The molecule has 4 heteroatoms. The Hall–Kier alpha value is -1.06. The van der Waals surface area contributed by atoms with Crippen LogP contribution in [0.15, 0.2) is 47.1 Å². The van der Waals surface area contributed by atoms with Gasteiger partial charge in [-0.3, -0.25) is 0 Å². The second-order valence-corrected chi connectivity index (χ2v) is 4.22. The topological polar surface area (TPSA) is 22.1 Å². The summed E-state index contributed by atoms with van der Waals surface area (Å²) in [6.07, 6.45) is 1.68. The summed E-state index contributed by atoms with van der Waals surface area (Å²) in [7, 11) is 0. The van der Waals surface area contributed by atoms with Gasteiger partial charge in [-0.2, -0.15) is 0 Å². The third kappa shape index (κ3) is 2.94. The lowest BCUT2D eigenvalue weighted by molar-refractivity contribution is 0.462. The molecule has 1 aromatic heterocycles. The normalized spacial score (nSPS) is 10.0. The van der Waals surface area contributed by atoms with E-state index in [2.05, 4.69) is 20.9 Å². The van der Waals surface area contributed by atoms with Crippen molar-refractivity contribution in [2.24, 2.45) is 0 Å². The first-order valence-electron chi connectivity index (χ1n) is 4.29. The van der Waals surface area contributed by atoms with Gasteiger partial charge in [0.2, 0.25) is 5.88 Å². The molecule has 2 rings (SSSR count). The molecular formula is C11H7BrClNO. The Labute approximate surface area is 101 Å². The summed E-state index contributed by atoms with van der Waals surface area (Å²) >= 11 is 9.11. The predicted octanol–water partition coefficient (Wildman–Crippen LogP) is 4.29. The van der Waals surface area contributed by atoms with E-state index in [1.807, 2.05) is 6.07 Å². The van der Waals surface area contributed by atoms with Crippen LogP contribution in [0.2, 0.25) is 5.02 Å². The first kappa shape index (κ1) is 10.5. The highest BCUT2D eigenvalue weighted by Gasteiger charge is 1.98. The van der Waals surface area contributed by atoms with Crippen LogP contribution in [0.25, 0.3) is 0 Å². The molecule has 0 saturated heterocycles. The molecule has 0 atom stereocenters. The Bertz CT molecular complexity index is 458. The minimum Gasteiger partial charge on any atom is -0.439 e. The monoisotopic (exact) mass is 283 g/mol. The number of hydrogen-bond acceptors (Lipinski definition) is 2. The van der Waals surface area contributed by atoms with Crippen LogP contribution in [0.5, 0.6) is 11.6 Å². The Balaban J connectivity index is 2.18. The van der Waals surface area contributed by atoms with Crippen molar-refractivity contribution in [2.75, 3.05) is 0 Å². The summed E-state index contributed by atoms with van der Waals surface area (Å²) in [6.45, 7) is 0. The van der Waals surface area contributed by atoms with Gasteiger partial charge in [-0.15, -0.1) is 0 Å². The van der Waals surface area contributed by atoms with E-state index in [-0.39, 0.29) is 0 Å². The number of nitrogens with zero attached hydrogens (tertiary/aromatic N) is 1. The van der Waals surface area contributed by atoms with Gasteiger partial charge in [-0.1, -0.05) is 27.5 Å². The van der Waals surface area contributed by atoms with Gasteiger partial charge in [0, 0.05) is 21.8 Å². The van der Waals surface area contributed by atoms with Gasteiger partial charge in [-0.25, -0.2) is 4.98 Å². The molecule has 0 unspecified atom stereocenters. The van der Waals surface area contributed by atoms with Crippen molar-refractivity contribution in [2.45, 2.75) is 0 Å². The second-order valence-electron chi connectivity index (χ2n) is 2.87. The Kier molecular flexibility index (Phi) is 3.23. The Morgan fingerprint density at radius 3 is 2.53 bits per heavy atom. The van der Waals surface area contributed by atoms with Gasteiger partial charge < -0.3 is 4.74 Å². The standard InChI is InChI=1S/C11H7BrClNO/c12-8-5-6-14-11(7-8)15-10-3-1-9(13)2-4-10/h1-7H. The lowest BCUT2D eigenvalue weighted by Gasteiger charge is -2.04. The lowest BCUT2D eigenvalue weighted by Crippen LogP contribution is -1.86. The van der Waals surface area contributed by atoms with Gasteiger partial charge in [0.05, 0.1) is 0 Å². The highest BCUT2D eigenvalue weighted by atomic mass is 79.9. The van der Waals surface area contributed by atoms with Crippen molar-refractivity contribution in [3.8, 4) is 11.6 Å². The molecule has 2 aromatic rings. The maximum atomic E-state index is 5.76. The Morgan fingerprint density at radius 2 is 1.87 bits per heavy atom. The summed E-state index contributed by atoms with van der Waals surface area (Å²) in [5.41, 5.74) is 0. The molecule has 0 radical (unpaired) electrons. The van der Waals surface area contributed by atoms with E-state index in [4.69, 9.17) is 16.3 Å². The number of halogens is 2. The molecule has 0 spiro atoms. The Morgan fingerprint density at radius 1 is 1.13 bits per heavy atom.